The molecule has 0 aromatic carbocycles. The van der Waals surface area contributed by atoms with Gasteiger partial charge in [-0.15, -0.1) is 11.3 Å². The Labute approximate surface area is 104 Å². The van der Waals surface area contributed by atoms with Gasteiger partial charge in [0.25, 0.3) is 5.91 Å². The minimum atomic E-state index is -0.405. The Balaban J connectivity index is 2.06. The number of piperidine rings is 1. The van der Waals surface area contributed by atoms with Gasteiger partial charge >= 0.3 is 0 Å². The lowest BCUT2D eigenvalue weighted by atomic mass is 10.1. The molecule has 1 saturated heterocycles. The summed E-state index contributed by atoms with van der Waals surface area (Å²) in [7, 11) is 0. The molecule has 92 valence electrons. The van der Waals surface area contributed by atoms with E-state index < -0.39 is 6.04 Å². The first kappa shape index (κ1) is 12.0. The van der Waals surface area contributed by atoms with E-state index in [0.29, 0.717) is 17.8 Å². The number of rotatable bonds is 2. The molecule has 1 aliphatic heterocycles. The monoisotopic (exact) mass is 253 g/mol. The molecule has 0 aliphatic carbocycles. The summed E-state index contributed by atoms with van der Waals surface area (Å²) in [5.74, 6) is -0.293. The first-order chi connectivity index (χ1) is 8.08. The van der Waals surface area contributed by atoms with Gasteiger partial charge in [-0.1, -0.05) is 0 Å². The molecule has 6 heteroatoms. The van der Waals surface area contributed by atoms with Crippen molar-refractivity contribution in [3.05, 3.63) is 15.6 Å². The molecule has 1 atom stereocenters. The van der Waals surface area contributed by atoms with Crippen LogP contribution in [0.25, 0.3) is 0 Å². The zero-order chi connectivity index (χ0) is 12.4. The van der Waals surface area contributed by atoms with Crippen LogP contribution in [-0.4, -0.2) is 29.4 Å². The van der Waals surface area contributed by atoms with Crippen LogP contribution in [0.2, 0.25) is 0 Å². The maximum Gasteiger partial charge on any atom is 0.263 e. The van der Waals surface area contributed by atoms with Gasteiger partial charge in [-0.05, 0) is 26.7 Å². The summed E-state index contributed by atoms with van der Waals surface area (Å²) >= 11 is 1.36. The fourth-order valence-electron chi connectivity index (χ4n) is 1.88. The van der Waals surface area contributed by atoms with E-state index in [4.69, 9.17) is 0 Å². The van der Waals surface area contributed by atoms with E-state index in [1.54, 1.807) is 6.92 Å². The lowest BCUT2D eigenvalue weighted by molar-refractivity contribution is -0.124. The van der Waals surface area contributed by atoms with Gasteiger partial charge in [0.2, 0.25) is 5.91 Å². The highest BCUT2D eigenvalue weighted by Gasteiger charge is 2.25. The quantitative estimate of drug-likeness (QED) is 0.817. The number of hydrogen-bond donors (Lipinski definition) is 2. The Morgan fingerprint density at radius 1 is 1.53 bits per heavy atom. The number of carbonyl (C=O) groups excluding carboxylic acids is 2. The van der Waals surface area contributed by atoms with E-state index in [2.05, 4.69) is 15.6 Å². The second kappa shape index (κ2) is 4.83. The number of thiazole rings is 1. The molecule has 2 amide bonds. The summed E-state index contributed by atoms with van der Waals surface area (Å²) in [5.41, 5.74) is 0.723. The number of hydrogen-bond acceptors (Lipinski definition) is 4. The minimum Gasteiger partial charge on any atom is -0.354 e. The average molecular weight is 253 g/mol. The van der Waals surface area contributed by atoms with Gasteiger partial charge in [-0.2, -0.15) is 0 Å². The van der Waals surface area contributed by atoms with Crippen molar-refractivity contribution >= 4 is 23.2 Å². The highest BCUT2D eigenvalue weighted by molar-refractivity contribution is 7.13. The van der Waals surface area contributed by atoms with Crippen molar-refractivity contribution in [3.8, 4) is 0 Å². The average Bonchev–Trinajstić information content (AvgIpc) is 2.61. The molecule has 0 unspecified atom stereocenters. The Morgan fingerprint density at radius 3 is 2.88 bits per heavy atom. The highest BCUT2D eigenvalue weighted by Crippen LogP contribution is 2.17. The zero-order valence-corrected chi connectivity index (χ0v) is 10.7. The molecular formula is C11H15N3O2S. The largest absolute Gasteiger partial charge is 0.354 e. The van der Waals surface area contributed by atoms with Gasteiger partial charge in [0.1, 0.15) is 10.9 Å². The Bertz CT molecular complexity index is 456. The van der Waals surface area contributed by atoms with E-state index in [9.17, 15) is 9.59 Å². The first-order valence-electron chi connectivity index (χ1n) is 5.60. The molecule has 0 radical (unpaired) electrons. The minimum absolute atomic E-state index is 0.0940. The molecule has 0 spiro atoms. The van der Waals surface area contributed by atoms with Crippen LogP contribution in [0, 0.1) is 13.8 Å². The maximum absolute atomic E-state index is 12.0. The Kier molecular flexibility index (Phi) is 3.42. The van der Waals surface area contributed by atoms with Crippen molar-refractivity contribution < 1.29 is 9.59 Å². The number of carbonyl (C=O) groups is 2. The van der Waals surface area contributed by atoms with Crippen molar-refractivity contribution in [1.29, 1.82) is 0 Å². The molecule has 1 aromatic rings. The maximum atomic E-state index is 12.0. The summed E-state index contributed by atoms with van der Waals surface area (Å²) in [6, 6.07) is -0.405. The summed E-state index contributed by atoms with van der Waals surface area (Å²) < 4.78 is 0. The van der Waals surface area contributed by atoms with Crippen LogP contribution in [0.3, 0.4) is 0 Å². The molecule has 0 saturated carbocycles. The van der Waals surface area contributed by atoms with Crippen molar-refractivity contribution in [2.75, 3.05) is 6.54 Å². The number of nitrogens with zero attached hydrogens (tertiary/aromatic N) is 1. The molecule has 2 N–H and O–H groups in total. The fourth-order valence-corrected chi connectivity index (χ4v) is 2.70. The molecule has 2 heterocycles. The van der Waals surface area contributed by atoms with Crippen LogP contribution in [0.1, 0.15) is 33.2 Å². The summed E-state index contributed by atoms with van der Waals surface area (Å²) in [6.07, 6.45) is 1.60. The fraction of sp³-hybridized carbons (Fsp3) is 0.545. The molecule has 5 nitrogen and oxygen atoms in total. The van der Waals surface area contributed by atoms with Crippen LogP contribution in [0.15, 0.2) is 0 Å². The molecular weight excluding hydrogens is 238 g/mol. The number of aryl methyl sites for hydroxylation is 2. The van der Waals surface area contributed by atoms with Gasteiger partial charge in [0, 0.05) is 6.54 Å². The van der Waals surface area contributed by atoms with Crippen LogP contribution in [-0.2, 0) is 4.79 Å². The van der Waals surface area contributed by atoms with Crippen molar-refractivity contribution in [3.63, 3.8) is 0 Å². The van der Waals surface area contributed by atoms with Crippen molar-refractivity contribution in [2.45, 2.75) is 32.7 Å². The van der Waals surface area contributed by atoms with E-state index in [1.165, 1.54) is 11.3 Å². The first-order valence-corrected chi connectivity index (χ1v) is 6.42. The lowest BCUT2D eigenvalue weighted by Gasteiger charge is -2.22. The molecule has 1 fully saturated rings. The van der Waals surface area contributed by atoms with E-state index in [-0.39, 0.29) is 11.8 Å². The zero-order valence-electron chi connectivity index (χ0n) is 9.87. The molecule has 0 bridgehead atoms. The normalized spacial score (nSPS) is 19.9. The third kappa shape index (κ3) is 2.63. The van der Waals surface area contributed by atoms with Crippen LogP contribution in [0.5, 0.6) is 0 Å². The lowest BCUT2D eigenvalue weighted by Crippen LogP contribution is -2.50. The predicted octanol–water partition coefficient (Wildman–Crippen LogP) is 0.768. The summed E-state index contributed by atoms with van der Waals surface area (Å²) in [5, 5.41) is 6.36. The second-order valence-electron chi connectivity index (χ2n) is 4.11. The summed E-state index contributed by atoms with van der Waals surface area (Å²) in [4.78, 5) is 28.3. The molecule has 1 aliphatic rings. The Morgan fingerprint density at radius 2 is 2.29 bits per heavy atom. The smallest absolute Gasteiger partial charge is 0.263 e. The highest BCUT2D eigenvalue weighted by atomic mass is 32.1. The Hall–Kier alpha value is -1.43. The third-order valence-corrected chi connectivity index (χ3v) is 3.77. The number of nitrogens with one attached hydrogen (secondary N) is 2. The number of amides is 2. The van der Waals surface area contributed by atoms with Crippen LogP contribution >= 0.6 is 11.3 Å². The predicted molar refractivity (Wildman–Crippen MR) is 65.1 cm³/mol. The van der Waals surface area contributed by atoms with Crippen molar-refractivity contribution in [1.82, 2.24) is 15.6 Å². The van der Waals surface area contributed by atoms with Crippen molar-refractivity contribution in [2.24, 2.45) is 0 Å². The van der Waals surface area contributed by atoms with Gasteiger partial charge in [-0.3, -0.25) is 9.59 Å². The van der Waals surface area contributed by atoms with Crippen LogP contribution < -0.4 is 10.6 Å². The van der Waals surface area contributed by atoms with Gasteiger partial charge in [0.15, 0.2) is 0 Å². The molecule has 17 heavy (non-hydrogen) atoms. The second-order valence-corrected chi connectivity index (χ2v) is 5.31. The van der Waals surface area contributed by atoms with E-state index >= 15 is 0 Å². The number of aromatic nitrogens is 1. The summed E-state index contributed by atoms with van der Waals surface area (Å²) in [6.45, 7) is 4.37. The third-order valence-electron chi connectivity index (χ3n) is 2.70. The van der Waals surface area contributed by atoms with Crippen LogP contribution in [0.4, 0.5) is 0 Å². The SMILES string of the molecule is Cc1nc(C)c(C(=O)N[C@H]2CCCNC2=O)s1. The van der Waals surface area contributed by atoms with E-state index in [0.717, 1.165) is 17.1 Å². The standard InChI is InChI=1S/C11H15N3O2S/c1-6-9(17-7(2)13-6)11(16)14-8-4-3-5-12-10(8)15/h8H,3-5H2,1-2H3,(H,12,15)(H,14,16)/t8-/m0/s1. The van der Waals surface area contributed by atoms with Gasteiger partial charge in [-0.25, -0.2) is 4.98 Å². The molecule has 2 rings (SSSR count). The molecule has 1 aromatic heterocycles. The van der Waals surface area contributed by atoms with Gasteiger partial charge in [0.05, 0.1) is 10.7 Å². The van der Waals surface area contributed by atoms with E-state index in [1.807, 2.05) is 6.92 Å². The van der Waals surface area contributed by atoms with Gasteiger partial charge < -0.3 is 10.6 Å². The topological polar surface area (TPSA) is 71.1 Å².